The first-order chi connectivity index (χ1) is 17.4. The van der Waals surface area contributed by atoms with Crippen molar-refractivity contribution in [2.45, 2.75) is 52.3 Å². The van der Waals surface area contributed by atoms with Gasteiger partial charge in [0.15, 0.2) is 0 Å². The van der Waals surface area contributed by atoms with Crippen LogP contribution in [0.2, 0.25) is 0 Å². The molecule has 0 aliphatic heterocycles. The van der Waals surface area contributed by atoms with Crippen molar-refractivity contribution < 1.29 is 37.0 Å². The van der Waals surface area contributed by atoms with Crippen LogP contribution < -0.4 is 10.1 Å². The zero-order chi connectivity index (χ0) is 27.3. The summed E-state index contributed by atoms with van der Waals surface area (Å²) in [6.07, 6.45) is -3.55. The first-order valence-corrected chi connectivity index (χ1v) is 11.7. The number of carbonyl (C=O) groups excluding carboxylic acids is 1. The fraction of sp³-hybridized carbons (Fsp3) is 0.286. The molecule has 37 heavy (non-hydrogen) atoms. The van der Waals surface area contributed by atoms with Crippen LogP contribution in [0.4, 0.5) is 17.6 Å². The third kappa shape index (κ3) is 7.31. The van der Waals surface area contributed by atoms with Crippen molar-refractivity contribution in [3.8, 4) is 11.5 Å². The van der Waals surface area contributed by atoms with Crippen LogP contribution in [-0.2, 0) is 23.8 Å². The number of hydrogen-bond acceptors (Lipinski definition) is 3. The lowest BCUT2D eigenvalue weighted by atomic mass is 10.0. The summed E-state index contributed by atoms with van der Waals surface area (Å²) < 4.78 is 58.6. The Kier molecular flexibility index (Phi) is 8.57. The van der Waals surface area contributed by atoms with Crippen LogP contribution in [0.5, 0.6) is 11.5 Å². The molecule has 5 nitrogen and oxygen atoms in total. The number of carboxylic acids is 1. The SMILES string of the molecule is CCc1cc(Oc2cc(C)cc([C@@H](C)NC(=O)c3ccc(C(F)(F)F)cc3F)c2)ccc1CCC(=O)O. The summed E-state index contributed by atoms with van der Waals surface area (Å²) in [5.41, 5.74) is 1.75. The molecule has 0 saturated carbocycles. The van der Waals surface area contributed by atoms with E-state index < -0.39 is 41.0 Å². The maximum atomic E-state index is 14.2. The highest BCUT2D eigenvalue weighted by atomic mass is 19.4. The molecule has 9 heteroatoms. The van der Waals surface area contributed by atoms with Crippen LogP contribution in [0.25, 0.3) is 0 Å². The zero-order valence-corrected chi connectivity index (χ0v) is 20.6. The van der Waals surface area contributed by atoms with Gasteiger partial charge in [-0.25, -0.2) is 4.39 Å². The smallest absolute Gasteiger partial charge is 0.416 e. The van der Waals surface area contributed by atoms with E-state index in [0.717, 1.165) is 22.8 Å². The third-order valence-corrected chi connectivity index (χ3v) is 5.86. The fourth-order valence-corrected chi connectivity index (χ4v) is 3.94. The normalized spacial score (nSPS) is 12.2. The molecule has 196 valence electrons. The van der Waals surface area contributed by atoms with Crippen molar-refractivity contribution in [1.82, 2.24) is 5.32 Å². The number of amides is 1. The second-order valence-corrected chi connectivity index (χ2v) is 8.75. The van der Waals surface area contributed by atoms with Crippen LogP contribution in [0.1, 0.15) is 64.5 Å². The molecule has 0 aromatic heterocycles. The molecule has 1 atom stereocenters. The lowest BCUT2D eigenvalue weighted by molar-refractivity contribution is -0.138. The Morgan fingerprint density at radius 1 is 1.00 bits per heavy atom. The zero-order valence-electron chi connectivity index (χ0n) is 20.6. The Bertz CT molecular complexity index is 1300. The number of carboxylic acid groups (broad SMARTS) is 1. The Balaban J connectivity index is 1.76. The molecule has 0 aliphatic carbocycles. The molecule has 0 saturated heterocycles. The van der Waals surface area contributed by atoms with Crippen LogP contribution >= 0.6 is 0 Å². The minimum atomic E-state index is -4.71. The van der Waals surface area contributed by atoms with Gasteiger partial charge in [-0.3, -0.25) is 9.59 Å². The number of carbonyl (C=O) groups is 2. The van der Waals surface area contributed by atoms with E-state index in [0.29, 0.717) is 42.0 Å². The lowest BCUT2D eigenvalue weighted by Gasteiger charge is -2.18. The first-order valence-electron chi connectivity index (χ1n) is 11.7. The van der Waals surface area contributed by atoms with E-state index in [1.807, 2.05) is 32.0 Å². The van der Waals surface area contributed by atoms with E-state index in [1.54, 1.807) is 25.1 Å². The van der Waals surface area contributed by atoms with Gasteiger partial charge < -0.3 is 15.2 Å². The summed E-state index contributed by atoms with van der Waals surface area (Å²) in [5, 5.41) is 11.6. The molecule has 3 aromatic carbocycles. The minimum absolute atomic E-state index is 0.0361. The quantitative estimate of drug-likeness (QED) is 0.299. The molecular weight excluding hydrogens is 490 g/mol. The van der Waals surface area contributed by atoms with Gasteiger partial charge in [0.25, 0.3) is 5.91 Å². The van der Waals surface area contributed by atoms with Crippen molar-refractivity contribution in [3.05, 3.63) is 93.8 Å². The van der Waals surface area contributed by atoms with Gasteiger partial charge in [-0.1, -0.05) is 19.1 Å². The van der Waals surface area contributed by atoms with E-state index in [2.05, 4.69) is 5.32 Å². The van der Waals surface area contributed by atoms with Crippen molar-refractivity contribution in [1.29, 1.82) is 0 Å². The highest BCUT2D eigenvalue weighted by Gasteiger charge is 2.31. The van der Waals surface area contributed by atoms with Crippen molar-refractivity contribution in [2.24, 2.45) is 0 Å². The van der Waals surface area contributed by atoms with Crippen molar-refractivity contribution in [2.75, 3.05) is 0 Å². The van der Waals surface area contributed by atoms with Gasteiger partial charge in [-0.05, 0) is 91.4 Å². The summed E-state index contributed by atoms with van der Waals surface area (Å²) in [6.45, 7) is 5.48. The third-order valence-electron chi connectivity index (χ3n) is 5.86. The maximum Gasteiger partial charge on any atom is 0.416 e. The number of ether oxygens (including phenoxy) is 1. The molecule has 0 aliphatic rings. The van der Waals surface area contributed by atoms with E-state index in [1.165, 1.54) is 0 Å². The second kappa shape index (κ2) is 11.5. The maximum absolute atomic E-state index is 14.2. The summed E-state index contributed by atoms with van der Waals surface area (Å²) in [4.78, 5) is 23.5. The number of aryl methyl sites for hydroxylation is 3. The van der Waals surface area contributed by atoms with Crippen LogP contribution in [0, 0.1) is 12.7 Å². The Labute approximate surface area is 212 Å². The molecule has 0 heterocycles. The lowest BCUT2D eigenvalue weighted by Crippen LogP contribution is -2.27. The Hall–Kier alpha value is -3.88. The molecule has 0 bridgehead atoms. The largest absolute Gasteiger partial charge is 0.481 e. The van der Waals surface area contributed by atoms with Gasteiger partial charge in [0.05, 0.1) is 17.2 Å². The summed E-state index contributed by atoms with van der Waals surface area (Å²) in [7, 11) is 0. The van der Waals surface area contributed by atoms with Gasteiger partial charge in [-0.15, -0.1) is 0 Å². The number of nitrogens with one attached hydrogen (secondary N) is 1. The summed E-state index contributed by atoms with van der Waals surface area (Å²) in [6, 6.07) is 12.0. The summed E-state index contributed by atoms with van der Waals surface area (Å²) >= 11 is 0. The number of rotatable bonds is 9. The van der Waals surface area contributed by atoms with Crippen molar-refractivity contribution >= 4 is 11.9 Å². The molecule has 3 aromatic rings. The molecule has 0 fully saturated rings. The van der Waals surface area contributed by atoms with E-state index in [-0.39, 0.29) is 6.42 Å². The highest BCUT2D eigenvalue weighted by molar-refractivity contribution is 5.94. The molecule has 0 spiro atoms. The van der Waals surface area contributed by atoms with E-state index >= 15 is 0 Å². The van der Waals surface area contributed by atoms with Crippen LogP contribution in [0.3, 0.4) is 0 Å². The van der Waals surface area contributed by atoms with Crippen molar-refractivity contribution in [3.63, 3.8) is 0 Å². The van der Waals surface area contributed by atoms with E-state index in [4.69, 9.17) is 9.84 Å². The minimum Gasteiger partial charge on any atom is -0.481 e. The van der Waals surface area contributed by atoms with Gasteiger partial charge in [0, 0.05) is 6.42 Å². The predicted molar refractivity (Wildman–Crippen MR) is 130 cm³/mol. The number of benzene rings is 3. The van der Waals surface area contributed by atoms with Gasteiger partial charge in [-0.2, -0.15) is 13.2 Å². The fourth-order valence-electron chi connectivity index (χ4n) is 3.94. The number of halogens is 4. The van der Waals surface area contributed by atoms with E-state index in [9.17, 15) is 27.2 Å². The molecule has 1 amide bonds. The molecule has 3 rings (SSSR count). The molecular formula is C28H27F4NO4. The van der Waals surface area contributed by atoms with Crippen LogP contribution in [-0.4, -0.2) is 17.0 Å². The number of alkyl halides is 3. The predicted octanol–water partition coefficient (Wildman–Crippen LogP) is 7.02. The topological polar surface area (TPSA) is 75.6 Å². The number of hydrogen-bond donors (Lipinski definition) is 2. The second-order valence-electron chi connectivity index (χ2n) is 8.75. The van der Waals surface area contributed by atoms with Gasteiger partial charge in [0.1, 0.15) is 17.3 Å². The Morgan fingerprint density at radius 2 is 1.73 bits per heavy atom. The van der Waals surface area contributed by atoms with Crippen LogP contribution in [0.15, 0.2) is 54.6 Å². The van der Waals surface area contributed by atoms with Gasteiger partial charge >= 0.3 is 12.1 Å². The molecule has 0 unspecified atom stereocenters. The highest BCUT2D eigenvalue weighted by Crippen LogP contribution is 2.31. The summed E-state index contributed by atoms with van der Waals surface area (Å²) in [5.74, 6) is -1.90. The molecule has 2 N–H and O–H groups in total. The monoisotopic (exact) mass is 517 g/mol. The number of aliphatic carboxylic acids is 1. The molecule has 0 radical (unpaired) electrons. The standard InChI is InChI=1S/C28H27F4NO4/c1-4-18-13-22(8-5-19(18)6-10-26(34)35)37-23-12-16(2)11-20(14-23)17(3)33-27(36)24-9-7-21(15-25(24)29)28(30,31)32/h5,7-9,11-15,17H,4,6,10H2,1-3H3,(H,33,36)(H,34,35)/t17-/m1/s1. The average Bonchev–Trinajstić information content (AvgIpc) is 2.81. The average molecular weight is 518 g/mol. The van der Waals surface area contributed by atoms with Gasteiger partial charge in [0.2, 0.25) is 0 Å². The first kappa shape index (κ1) is 27.7. The Morgan fingerprint density at radius 3 is 2.35 bits per heavy atom.